The van der Waals surface area contributed by atoms with Crippen molar-refractivity contribution < 1.29 is 79.1 Å². The Labute approximate surface area is 171 Å². The van der Waals surface area contributed by atoms with Crippen molar-refractivity contribution in [3.8, 4) is 0 Å². The van der Waals surface area contributed by atoms with Gasteiger partial charge in [-0.15, -0.1) is 0 Å². The van der Waals surface area contributed by atoms with Crippen LogP contribution in [0, 0.1) is 0 Å². The topological polar surface area (TPSA) is 27.7 Å². The fourth-order valence-corrected chi connectivity index (χ4v) is 7.51. The van der Waals surface area contributed by atoms with Gasteiger partial charge in [-0.25, -0.2) is 0 Å². The van der Waals surface area contributed by atoms with Crippen LogP contribution in [0.15, 0.2) is 0 Å². The van der Waals surface area contributed by atoms with Gasteiger partial charge in [-0.1, -0.05) is 0 Å². The molecular formula is C12H15F15O3Si2. The average molecular weight is 548 g/mol. The fraction of sp³-hybridized carbons (Fsp3) is 1.00. The first-order valence-corrected chi connectivity index (χ1v) is 14.1. The Balaban J connectivity index is 5.93. The number of alkyl halides is 15. The second-order valence-corrected chi connectivity index (χ2v) is 19.0. The van der Waals surface area contributed by atoms with Crippen molar-refractivity contribution in [2.24, 2.45) is 0 Å². The predicted molar refractivity (Wildman–Crippen MR) is 80.0 cm³/mol. The van der Waals surface area contributed by atoms with Crippen LogP contribution in [-0.2, 0) is 13.3 Å². The first-order valence-electron chi connectivity index (χ1n) is 7.87. The van der Waals surface area contributed by atoms with Crippen LogP contribution in [-0.4, -0.2) is 72.0 Å². The van der Waals surface area contributed by atoms with E-state index in [4.69, 9.17) is 0 Å². The van der Waals surface area contributed by atoms with Crippen molar-refractivity contribution in [2.75, 3.05) is 19.8 Å². The van der Waals surface area contributed by atoms with Crippen molar-refractivity contribution >= 4 is 15.9 Å². The van der Waals surface area contributed by atoms with Crippen molar-refractivity contribution in [1.29, 1.82) is 0 Å². The molecule has 32 heavy (non-hydrogen) atoms. The van der Waals surface area contributed by atoms with Crippen molar-refractivity contribution in [3.63, 3.8) is 0 Å². The van der Waals surface area contributed by atoms with Gasteiger partial charge in [-0.2, -0.15) is 65.9 Å². The summed E-state index contributed by atoms with van der Waals surface area (Å²) in [7, 11) is -9.91. The SMILES string of the molecule is C[Si](C)(OCC(F)(F)C(F)(F)F)[Si](C)(OCC(F)(F)C(F)(F)F)OCC(F)(F)C(F)(F)F. The standard InChI is InChI=1S/C12H15F15O3Si2/c1-31(2,28-4-7(13,14)10(19,20)21)32(3,29-5-8(15,16)11(22,23)24)30-6-9(17,18)12(25,26)27/h4-6H2,1-3H3. The average Bonchev–Trinajstić information content (AvgIpc) is 2.53. The van der Waals surface area contributed by atoms with E-state index in [1.165, 1.54) is 0 Å². The van der Waals surface area contributed by atoms with Crippen LogP contribution >= 0.6 is 0 Å². The zero-order valence-electron chi connectivity index (χ0n) is 16.0. The summed E-state index contributed by atoms with van der Waals surface area (Å²) in [6.07, 6.45) is -18.8. The van der Waals surface area contributed by atoms with E-state index in [1.54, 1.807) is 0 Å². The molecule has 0 saturated carbocycles. The summed E-state index contributed by atoms with van der Waals surface area (Å²) in [4.78, 5) is 0. The number of hydrogen-bond donors (Lipinski definition) is 0. The maximum absolute atomic E-state index is 13.1. The minimum absolute atomic E-state index is 0.337. The van der Waals surface area contributed by atoms with E-state index in [9.17, 15) is 65.9 Å². The molecule has 0 aromatic carbocycles. The van der Waals surface area contributed by atoms with E-state index in [0.717, 1.165) is 0 Å². The molecule has 0 atom stereocenters. The van der Waals surface area contributed by atoms with Crippen molar-refractivity contribution in [1.82, 2.24) is 0 Å². The van der Waals surface area contributed by atoms with Gasteiger partial charge >= 0.3 is 44.4 Å². The van der Waals surface area contributed by atoms with Gasteiger partial charge in [0.15, 0.2) is 0 Å². The molecule has 3 nitrogen and oxygen atoms in total. The summed E-state index contributed by atoms with van der Waals surface area (Å²) >= 11 is 0. The summed E-state index contributed by atoms with van der Waals surface area (Å²) < 4.78 is 202. The van der Waals surface area contributed by atoms with Crippen molar-refractivity contribution in [2.45, 2.75) is 55.9 Å². The van der Waals surface area contributed by atoms with Gasteiger partial charge in [0.25, 0.3) is 0 Å². The second-order valence-electron chi connectivity index (χ2n) is 6.93. The molecule has 0 aromatic rings. The van der Waals surface area contributed by atoms with Gasteiger partial charge < -0.3 is 13.3 Å². The summed E-state index contributed by atoms with van der Waals surface area (Å²) in [5.41, 5.74) is 0. The molecule has 0 amide bonds. The summed E-state index contributed by atoms with van der Waals surface area (Å²) in [5, 5.41) is 0. The van der Waals surface area contributed by atoms with Gasteiger partial charge in [0.1, 0.15) is 19.8 Å². The van der Waals surface area contributed by atoms with Crippen molar-refractivity contribution in [3.05, 3.63) is 0 Å². The van der Waals surface area contributed by atoms with Crippen LogP contribution < -0.4 is 0 Å². The molecule has 0 spiro atoms. The molecule has 0 aromatic heterocycles. The third-order valence-electron chi connectivity index (χ3n) is 4.01. The number of rotatable bonds is 10. The molecule has 0 rings (SSSR count). The lowest BCUT2D eigenvalue weighted by molar-refractivity contribution is -0.296. The van der Waals surface area contributed by atoms with Crippen LogP contribution in [0.2, 0.25) is 19.6 Å². The normalized spacial score (nSPS) is 15.9. The van der Waals surface area contributed by atoms with E-state index >= 15 is 0 Å². The molecule has 0 aliphatic carbocycles. The molecule has 0 unspecified atom stereocenters. The quantitative estimate of drug-likeness (QED) is 0.248. The lowest BCUT2D eigenvalue weighted by Gasteiger charge is -2.40. The summed E-state index contributed by atoms with van der Waals surface area (Å²) in [5.74, 6) is -17.0. The van der Waals surface area contributed by atoms with E-state index < -0.39 is 72.0 Å². The minimum atomic E-state index is -6.28. The Morgan fingerprint density at radius 2 is 0.656 bits per heavy atom. The molecule has 0 aliphatic heterocycles. The molecule has 20 heteroatoms. The molecule has 0 saturated heterocycles. The third kappa shape index (κ3) is 7.38. The summed E-state index contributed by atoms with van der Waals surface area (Å²) in [6.45, 7) is -6.50. The number of halogens is 15. The Morgan fingerprint density at radius 1 is 0.438 bits per heavy atom. The van der Waals surface area contributed by atoms with Gasteiger partial charge in [-0.3, -0.25) is 0 Å². The van der Waals surface area contributed by atoms with Crippen LogP contribution in [0.4, 0.5) is 65.9 Å². The van der Waals surface area contributed by atoms with Crippen LogP contribution in [0.3, 0.4) is 0 Å². The molecule has 0 heterocycles. The monoisotopic (exact) mass is 548 g/mol. The molecular weight excluding hydrogens is 533 g/mol. The van der Waals surface area contributed by atoms with E-state index in [-0.39, 0.29) is 0 Å². The zero-order chi connectivity index (χ0) is 26.2. The maximum Gasteiger partial charge on any atom is 0.455 e. The highest BCUT2D eigenvalue weighted by atomic mass is 29.3. The first kappa shape index (κ1) is 31.3. The Kier molecular flexibility index (Phi) is 8.93. The summed E-state index contributed by atoms with van der Waals surface area (Å²) in [6, 6.07) is 0. The molecule has 0 radical (unpaired) electrons. The second kappa shape index (κ2) is 9.14. The molecule has 0 fully saturated rings. The smallest absolute Gasteiger partial charge is 0.408 e. The highest BCUT2D eigenvalue weighted by molar-refractivity contribution is 7.33. The molecule has 0 N–H and O–H groups in total. The van der Waals surface area contributed by atoms with Gasteiger partial charge in [0.2, 0.25) is 7.83 Å². The molecule has 194 valence electrons. The predicted octanol–water partition coefficient (Wildman–Crippen LogP) is 5.98. The maximum atomic E-state index is 13.1. The Morgan fingerprint density at radius 3 is 0.875 bits per heavy atom. The minimum Gasteiger partial charge on any atom is -0.408 e. The zero-order valence-corrected chi connectivity index (χ0v) is 18.0. The van der Waals surface area contributed by atoms with Crippen LogP contribution in [0.25, 0.3) is 0 Å². The largest absolute Gasteiger partial charge is 0.455 e. The van der Waals surface area contributed by atoms with Gasteiger partial charge in [0.05, 0.1) is 0 Å². The van der Waals surface area contributed by atoms with Crippen LogP contribution in [0.1, 0.15) is 0 Å². The lowest BCUT2D eigenvalue weighted by Crippen LogP contribution is -2.67. The van der Waals surface area contributed by atoms with Crippen LogP contribution in [0.5, 0.6) is 0 Å². The van der Waals surface area contributed by atoms with Gasteiger partial charge in [-0.05, 0) is 19.6 Å². The highest BCUT2D eigenvalue weighted by Crippen LogP contribution is 2.41. The third-order valence-corrected chi connectivity index (χ3v) is 16.3. The van der Waals surface area contributed by atoms with Gasteiger partial charge in [0, 0.05) is 0 Å². The highest BCUT2D eigenvalue weighted by Gasteiger charge is 2.65. The Hall–Kier alpha value is -0.736. The molecule has 0 aliphatic rings. The first-order chi connectivity index (χ1) is 13.6. The Bertz CT molecular complexity index is 597. The fourth-order valence-electron chi connectivity index (χ4n) is 1.49. The van der Waals surface area contributed by atoms with E-state index in [0.29, 0.717) is 19.6 Å². The lowest BCUT2D eigenvalue weighted by atomic mass is 10.3. The number of hydrogen-bond acceptors (Lipinski definition) is 3. The molecule has 0 bridgehead atoms. The van der Waals surface area contributed by atoms with E-state index in [2.05, 4.69) is 13.3 Å². The van der Waals surface area contributed by atoms with E-state index in [1.807, 2.05) is 0 Å².